The van der Waals surface area contributed by atoms with Crippen molar-refractivity contribution < 1.29 is 30.8 Å². The highest BCUT2D eigenvalue weighted by atomic mass is 32.2. The van der Waals surface area contributed by atoms with E-state index in [1.54, 1.807) is 0 Å². The molecule has 0 saturated carbocycles. The SMILES string of the molecule is CC(=O)c1ccc(S(=O)(=O)Nc2cc(F)cc(C(F)(F)F)c2)cc1. The lowest BCUT2D eigenvalue weighted by Gasteiger charge is -2.12. The summed E-state index contributed by atoms with van der Waals surface area (Å²) in [5, 5.41) is 0. The second-order valence-electron chi connectivity index (χ2n) is 4.91. The van der Waals surface area contributed by atoms with E-state index >= 15 is 0 Å². The van der Waals surface area contributed by atoms with Crippen LogP contribution >= 0.6 is 0 Å². The van der Waals surface area contributed by atoms with Gasteiger partial charge in [-0.15, -0.1) is 0 Å². The molecule has 24 heavy (non-hydrogen) atoms. The molecule has 2 rings (SSSR count). The van der Waals surface area contributed by atoms with Crippen LogP contribution in [0.25, 0.3) is 0 Å². The number of anilines is 1. The highest BCUT2D eigenvalue weighted by Gasteiger charge is 2.31. The number of rotatable bonds is 4. The van der Waals surface area contributed by atoms with E-state index < -0.39 is 33.3 Å². The predicted octanol–water partition coefficient (Wildman–Crippen LogP) is 3.85. The van der Waals surface area contributed by atoms with Crippen LogP contribution in [0.1, 0.15) is 22.8 Å². The Morgan fingerprint density at radius 3 is 2.12 bits per heavy atom. The minimum Gasteiger partial charge on any atom is -0.295 e. The van der Waals surface area contributed by atoms with Crippen molar-refractivity contribution in [1.82, 2.24) is 0 Å². The van der Waals surface area contributed by atoms with Gasteiger partial charge in [-0.2, -0.15) is 13.2 Å². The smallest absolute Gasteiger partial charge is 0.295 e. The van der Waals surface area contributed by atoms with E-state index in [1.165, 1.54) is 19.1 Å². The number of Topliss-reactive ketones (excluding diaryl/α,β-unsaturated/α-hetero) is 1. The van der Waals surface area contributed by atoms with E-state index in [0.717, 1.165) is 12.1 Å². The molecule has 4 nitrogen and oxygen atoms in total. The van der Waals surface area contributed by atoms with Gasteiger partial charge in [0, 0.05) is 5.56 Å². The molecule has 0 unspecified atom stereocenters. The first-order valence-electron chi connectivity index (χ1n) is 6.51. The Balaban J connectivity index is 2.35. The standard InChI is InChI=1S/C15H11F4NO3S/c1-9(21)10-2-4-14(5-3-10)24(22,23)20-13-7-11(15(17,18)19)6-12(16)8-13/h2-8,20H,1H3. The molecule has 2 aromatic carbocycles. The van der Waals surface area contributed by atoms with Crippen LogP contribution in [0.2, 0.25) is 0 Å². The van der Waals surface area contributed by atoms with Gasteiger partial charge in [-0.05, 0) is 37.3 Å². The lowest BCUT2D eigenvalue weighted by Crippen LogP contribution is -2.14. The summed E-state index contributed by atoms with van der Waals surface area (Å²) < 4.78 is 77.4. The Morgan fingerprint density at radius 2 is 1.62 bits per heavy atom. The van der Waals surface area contributed by atoms with Crippen LogP contribution in [-0.4, -0.2) is 14.2 Å². The Kier molecular flexibility index (Phi) is 4.66. The maximum Gasteiger partial charge on any atom is 0.416 e. The molecule has 2 aromatic rings. The van der Waals surface area contributed by atoms with Crippen molar-refractivity contribution in [2.24, 2.45) is 0 Å². The molecule has 0 fully saturated rings. The normalized spacial score (nSPS) is 12.0. The minimum absolute atomic E-state index is 0.263. The Labute approximate surface area is 135 Å². The van der Waals surface area contributed by atoms with Crippen LogP contribution < -0.4 is 4.72 Å². The van der Waals surface area contributed by atoms with Gasteiger partial charge in [-0.3, -0.25) is 9.52 Å². The zero-order chi connectivity index (χ0) is 18.1. The van der Waals surface area contributed by atoms with Crippen LogP contribution in [-0.2, 0) is 16.2 Å². The Morgan fingerprint density at radius 1 is 1.04 bits per heavy atom. The number of halogens is 4. The number of hydrogen-bond donors (Lipinski definition) is 1. The number of benzene rings is 2. The lowest BCUT2D eigenvalue weighted by molar-refractivity contribution is -0.137. The van der Waals surface area contributed by atoms with Crippen LogP contribution in [0.5, 0.6) is 0 Å². The molecule has 0 atom stereocenters. The van der Waals surface area contributed by atoms with Crippen molar-refractivity contribution in [3.8, 4) is 0 Å². The van der Waals surface area contributed by atoms with Crippen molar-refractivity contribution in [2.45, 2.75) is 18.0 Å². The fraction of sp³-hybridized carbons (Fsp3) is 0.133. The summed E-state index contributed by atoms with van der Waals surface area (Å²) in [5.74, 6) is -1.50. The third-order valence-corrected chi connectivity index (χ3v) is 4.45. The maximum atomic E-state index is 13.3. The van der Waals surface area contributed by atoms with Gasteiger partial charge in [0.1, 0.15) is 5.82 Å². The summed E-state index contributed by atoms with van der Waals surface area (Å²) in [6, 6.07) is 6.18. The topological polar surface area (TPSA) is 63.2 Å². The number of hydrogen-bond acceptors (Lipinski definition) is 3. The number of alkyl halides is 3. The summed E-state index contributed by atoms with van der Waals surface area (Å²) in [7, 11) is -4.23. The highest BCUT2D eigenvalue weighted by Crippen LogP contribution is 2.32. The molecule has 9 heteroatoms. The molecule has 0 radical (unpaired) electrons. The van der Waals surface area contributed by atoms with Gasteiger partial charge in [0.2, 0.25) is 0 Å². The van der Waals surface area contributed by atoms with Crippen molar-refractivity contribution in [1.29, 1.82) is 0 Å². The number of ketones is 1. The van der Waals surface area contributed by atoms with Crippen LogP contribution in [0.3, 0.4) is 0 Å². The minimum atomic E-state index is -4.81. The van der Waals surface area contributed by atoms with Gasteiger partial charge in [0.05, 0.1) is 16.1 Å². The van der Waals surface area contributed by atoms with Gasteiger partial charge in [-0.25, -0.2) is 12.8 Å². The van der Waals surface area contributed by atoms with E-state index in [1.807, 2.05) is 4.72 Å². The van der Waals surface area contributed by atoms with Gasteiger partial charge in [0.15, 0.2) is 5.78 Å². The molecule has 0 heterocycles. The number of sulfonamides is 1. The zero-order valence-corrected chi connectivity index (χ0v) is 13.0. The third-order valence-electron chi connectivity index (χ3n) is 3.05. The van der Waals surface area contributed by atoms with Gasteiger partial charge in [-0.1, -0.05) is 12.1 Å². The molecule has 0 bridgehead atoms. The molecule has 0 aliphatic carbocycles. The summed E-state index contributed by atoms with van der Waals surface area (Å²) in [5.41, 5.74) is -1.59. The number of carbonyl (C=O) groups excluding carboxylic acids is 1. The van der Waals surface area contributed by atoms with Crippen molar-refractivity contribution in [2.75, 3.05) is 4.72 Å². The van der Waals surface area contributed by atoms with E-state index in [0.29, 0.717) is 12.1 Å². The van der Waals surface area contributed by atoms with Gasteiger partial charge >= 0.3 is 6.18 Å². The van der Waals surface area contributed by atoms with E-state index in [9.17, 15) is 30.8 Å². The number of carbonyl (C=O) groups is 1. The van der Waals surface area contributed by atoms with Crippen LogP contribution in [0.15, 0.2) is 47.4 Å². The van der Waals surface area contributed by atoms with Crippen molar-refractivity contribution in [3.05, 3.63) is 59.4 Å². The molecule has 1 N–H and O–H groups in total. The largest absolute Gasteiger partial charge is 0.416 e. The molecule has 128 valence electrons. The van der Waals surface area contributed by atoms with Crippen molar-refractivity contribution in [3.63, 3.8) is 0 Å². The Bertz CT molecular complexity index is 875. The molecule has 0 amide bonds. The summed E-state index contributed by atoms with van der Waals surface area (Å²) in [6.45, 7) is 1.30. The lowest BCUT2D eigenvalue weighted by atomic mass is 10.2. The molecule has 0 aromatic heterocycles. The fourth-order valence-corrected chi connectivity index (χ4v) is 2.94. The first-order valence-corrected chi connectivity index (χ1v) is 7.99. The van der Waals surface area contributed by atoms with Gasteiger partial charge < -0.3 is 0 Å². The van der Waals surface area contributed by atoms with Crippen LogP contribution in [0.4, 0.5) is 23.2 Å². The molecule has 0 saturated heterocycles. The second-order valence-corrected chi connectivity index (χ2v) is 6.59. The zero-order valence-electron chi connectivity index (χ0n) is 12.2. The van der Waals surface area contributed by atoms with Crippen molar-refractivity contribution >= 4 is 21.5 Å². The fourth-order valence-electron chi connectivity index (χ4n) is 1.90. The van der Waals surface area contributed by atoms with E-state index in [-0.39, 0.29) is 22.3 Å². The molecular formula is C15H11F4NO3S. The summed E-state index contributed by atoms with van der Waals surface area (Å²) in [4.78, 5) is 10.9. The maximum absolute atomic E-state index is 13.3. The Hall–Kier alpha value is -2.42. The average molecular weight is 361 g/mol. The highest BCUT2D eigenvalue weighted by molar-refractivity contribution is 7.92. The first-order chi connectivity index (χ1) is 11.0. The third kappa shape index (κ3) is 4.10. The van der Waals surface area contributed by atoms with E-state index in [2.05, 4.69) is 0 Å². The first kappa shape index (κ1) is 17.9. The van der Waals surface area contributed by atoms with E-state index in [4.69, 9.17) is 0 Å². The predicted molar refractivity (Wildman–Crippen MR) is 78.7 cm³/mol. The monoisotopic (exact) mass is 361 g/mol. The molecular weight excluding hydrogens is 350 g/mol. The second kappa shape index (κ2) is 6.23. The van der Waals surface area contributed by atoms with Crippen LogP contribution in [0, 0.1) is 5.82 Å². The summed E-state index contributed by atoms with van der Waals surface area (Å²) >= 11 is 0. The number of nitrogens with one attached hydrogen (secondary N) is 1. The quantitative estimate of drug-likeness (QED) is 0.665. The molecule has 0 spiro atoms. The average Bonchev–Trinajstić information content (AvgIpc) is 2.45. The molecule has 0 aliphatic heterocycles. The summed E-state index contributed by atoms with van der Waals surface area (Å²) in [6.07, 6.45) is -4.81. The van der Waals surface area contributed by atoms with Gasteiger partial charge in [0.25, 0.3) is 10.0 Å². The molecule has 0 aliphatic rings.